The summed E-state index contributed by atoms with van der Waals surface area (Å²) in [5.41, 5.74) is 0.990. The van der Waals surface area contributed by atoms with E-state index < -0.39 is 11.9 Å². The van der Waals surface area contributed by atoms with E-state index in [1.54, 1.807) is 7.11 Å². The second-order valence-corrected chi connectivity index (χ2v) is 7.79. The Morgan fingerprint density at radius 2 is 1.38 bits per heavy atom. The summed E-state index contributed by atoms with van der Waals surface area (Å²) in [6.45, 7) is 8.39. The van der Waals surface area contributed by atoms with E-state index in [-0.39, 0.29) is 24.5 Å². The van der Waals surface area contributed by atoms with Gasteiger partial charge in [0.2, 0.25) is 0 Å². The van der Waals surface area contributed by atoms with Gasteiger partial charge in [-0.1, -0.05) is 39.8 Å². The first kappa shape index (κ1) is 20.3. The van der Waals surface area contributed by atoms with Crippen LogP contribution in [0.3, 0.4) is 0 Å². The van der Waals surface area contributed by atoms with Gasteiger partial charge in [-0.3, -0.25) is 9.59 Å². The van der Waals surface area contributed by atoms with Crippen molar-refractivity contribution < 1.29 is 23.8 Å². The summed E-state index contributed by atoms with van der Waals surface area (Å²) in [4.78, 5) is 24.2. The zero-order valence-electron chi connectivity index (χ0n) is 16.4. The van der Waals surface area contributed by atoms with Gasteiger partial charge in [0.1, 0.15) is 24.4 Å². The Bertz CT molecular complexity index is 575. The number of methoxy groups -OCH3 is 1. The Labute approximate surface area is 156 Å². The predicted molar refractivity (Wildman–Crippen MR) is 99.0 cm³/mol. The number of carbonyl (C=O) groups excluding carboxylic acids is 2. The molecule has 0 aliphatic carbocycles. The number of rotatable bonds is 6. The lowest BCUT2D eigenvalue weighted by atomic mass is 9.81. The van der Waals surface area contributed by atoms with Crippen molar-refractivity contribution in [2.45, 2.75) is 65.1 Å². The molecular formula is C21H30O5. The first-order valence-electron chi connectivity index (χ1n) is 9.33. The van der Waals surface area contributed by atoms with E-state index in [4.69, 9.17) is 14.2 Å². The van der Waals surface area contributed by atoms with Gasteiger partial charge in [-0.25, -0.2) is 0 Å². The lowest BCUT2D eigenvalue weighted by Gasteiger charge is -2.36. The molecule has 2 unspecified atom stereocenters. The summed E-state index contributed by atoms with van der Waals surface area (Å²) >= 11 is 0. The van der Waals surface area contributed by atoms with Crippen LogP contribution in [0.15, 0.2) is 24.3 Å². The molecule has 1 aromatic carbocycles. The number of carbonyl (C=O) groups is 2. The van der Waals surface area contributed by atoms with E-state index in [1.165, 1.54) is 0 Å². The highest BCUT2D eigenvalue weighted by Gasteiger charge is 2.39. The van der Waals surface area contributed by atoms with Crippen molar-refractivity contribution >= 4 is 11.9 Å². The van der Waals surface area contributed by atoms with E-state index in [9.17, 15) is 9.59 Å². The fraction of sp³-hybridized carbons (Fsp3) is 0.619. The Morgan fingerprint density at radius 3 is 1.77 bits per heavy atom. The van der Waals surface area contributed by atoms with E-state index in [0.29, 0.717) is 24.7 Å². The number of esters is 2. The molecule has 0 aromatic heterocycles. The van der Waals surface area contributed by atoms with Crippen LogP contribution in [0.1, 0.15) is 58.4 Å². The minimum Gasteiger partial charge on any atom is -0.497 e. The predicted octanol–water partition coefficient (Wildman–Crippen LogP) is 4.10. The lowest BCUT2D eigenvalue weighted by Crippen LogP contribution is -2.41. The molecule has 0 bridgehead atoms. The maximum Gasteiger partial charge on any atom is 0.317 e. The van der Waals surface area contributed by atoms with Crippen LogP contribution in [0.5, 0.6) is 5.75 Å². The molecule has 0 spiro atoms. The molecule has 1 aliphatic heterocycles. The van der Waals surface area contributed by atoms with Gasteiger partial charge in [-0.15, -0.1) is 0 Å². The Kier molecular flexibility index (Phi) is 7.06. The topological polar surface area (TPSA) is 61.8 Å². The molecule has 5 nitrogen and oxygen atoms in total. The quantitative estimate of drug-likeness (QED) is 0.563. The molecule has 1 aromatic rings. The monoisotopic (exact) mass is 362 g/mol. The highest BCUT2D eigenvalue weighted by atomic mass is 16.6. The molecular weight excluding hydrogens is 332 g/mol. The molecule has 2 atom stereocenters. The first-order chi connectivity index (χ1) is 12.3. The normalized spacial score (nSPS) is 24.0. The van der Waals surface area contributed by atoms with E-state index >= 15 is 0 Å². The maximum absolute atomic E-state index is 12.1. The van der Waals surface area contributed by atoms with Gasteiger partial charge in [0, 0.05) is 0 Å². The van der Waals surface area contributed by atoms with Crippen LogP contribution in [0.4, 0.5) is 0 Å². The summed E-state index contributed by atoms with van der Waals surface area (Å²) in [6.07, 6.45) is 0.460. The third-order valence-corrected chi connectivity index (χ3v) is 4.56. The molecule has 2 rings (SSSR count). The van der Waals surface area contributed by atoms with E-state index in [1.807, 2.05) is 24.3 Å². The molecule has 0 amide bonds. The third-order valence-electron chi connectivity index (χ3n) is 4.56. The van der Waals surface area contributed by atoms with E-state index in [2.05, 4.69) is 27.7 Å². The van der Waals surface area contributed by atoms with Crippen molar-refractivity contribution in [1.82, 2.24) is 0 Å². The number of ether oxygens (including phenoxy) is 3. The van der Waals surface area contributed by atoms with Crippen molar-refractivity contribution in [2.24, 2.45) is 11.8 Å². The highest BCUT2D eigenvalue weighted by molar-refractivity contribution is 5.91. The van der Waals surface area contributed by atoms with Crippen LogP contribution < -0.4 is 4.74 Å². The first-order valence-corrected chi connectivity index (χ1v) is 9.33. The summed E-state index contributed by atoms with van der Waals surface area (Å²) in [5.74, 6) is 0.240. The molecule has 1 fully saturated rings. The number of hydrogen-bond donors (Lipinski definition) is 0. The fourth-order valence-corrected chi connectivity index (χ4v) is 3.50. The largest absolute Gasteiger partial charge is 0.497 e. The van der Waals surface area contributed by atoms with Crippen LogP contribution in [0.25, 0.3) is 0 Å². The van der Waals surface area contributed by atoms with Crippen LogP contribution in [0.2, 0.25) is 0 Å². The van der Waals surface area contributed by atoms with Gasteiger partial charge in [0.15, 0.2) is 0 Å². The second-order valence-electron chi connectivity index (χ2n) is 7.79. The summed E-state index contributed by atoms with van der Waals surface area (Å²) < 4.78 is 16.7. The van der Waals surface area contributed by atoms with Gasteiger partial charge in [0.25, 0.3) is 0 Å². The lowest BCUT2D eigenvalue weighted by molar-refractivity contribution is -0.172. The van der Waals surface area contributed by atoms with Crippen LogP contribution in [-0.4, -0.2) is 31.3 Å². The molecule has 0 saturated carbocycles. The standard InChI is InChI=1S/C21H30O5/c1-13(2)10-17-21(15-6-8-16(24-5)9-7-15)18(11-14(3)4)26-20(23)12-19(22)25-17/h6-9,13-14,17-18,21H,10-12H2,1-5H3. The van der Waals surface area contributed by atoms with Crippen LogP contribution in [0, 0.1) is 11.8 Å². The highest BCUT2D eigenvalue weighted by Crippen LogP contribution is 2.36. The fourth-order valence-electron chi connectivity index (χ4n) is 3.50. The zero-order valence-corrected chi connectivity index (χ0v) is 16.4. The summed E-state index contributed by atoms with van der Waals surface area (Å²) in [5, 5.41) is 0. The average Bonchev–Trinajstić information content (AvgIpc) is 2.53. The minimum absolute atomic E-state index is 0.195. The smallest absolute Gasteiger partial charge is 0.317 e. The van der Waals surface area contributed by atoms with Crippen molar-refractivity contribution in [1.29, 1.82) is 0 Å². The SMILES string of the molecule is COc1ccc(C2C(CC(C)C)OC(=O)CC(=O)OC2CC(C)C)cc1. The third kappa shape index (κ3) is 5.48. The van der Waals surface area contributed by atoms with Crippen LogP contribution in [-0.2, 0) is 19.1 Å². The number of hydrogen-bond acceptors (Lipinski definition) is 5. The van der Waals surface area contributed by atoms with E-state index in [0.717, 1.165) is 11.3 Å². The van der Waals surface area contributed by atoms with Crippen molar-refractivity contribution in [3.8, 4) is 5.75 Å². The molecule has 144 valence electrons. The van der Waals surface area contributed by atoms with Crippen molar-refractivity contribution in [3.63, 3.8) is 0 Å². The molecule has 0 N–H and O–H groups in total. The van der Waals surface area contributed by atoms with Gasteiger partial charge >= 0.3 is 11.9 Å². The minimum atomic E-state index is -0.512. The Hall–Kier alpha value is -2.04. The molecule has 26 heavy (non-hydrogen) atoms. The number of benzene rings is 1. The maximum atomic E-state index is 12.1. The molecule has 1 saturated heterocycles. The molecule has 0 radical (unpaired) electrons. The van der Waals surface area contributed by atoms with Crippen molar-refractivity contribution in [2.75, 3.05) is 7.11 Å². The zero-order chi connectivity index (χ0) is 19.3. The second kappa shape index (κ2) is 9.06. The summed E-state index contributed by atoms with van der Waals surface area (Å²) in [7, 11) is 1.62. The molecule has 1 aliphatic rings. The van der Waals surface area contributed by atoms with Gasteiger partial charge in [0.05, 0.1) is 13.0 Å². The van der Waals surface area contributed by atoms with Gasteiger partial charge < -0.3 is 14.2 Å². The van der Waals surface area contributed by atoms with Gasteiger partial charge in [-0.2, -0.15) is 0 Å². The molecule has 1 heterocycles. The Morgan fingerprint density at radius 1 is 0.923 bits per heavy atom. The summed E-state index contributed by atoms with van der Waals surface area (Å²) in [6, 6.07) is 7.70. The van der Waals surface area contributed by atoms with Crippen LogP contribution >= 0.6 is 0 Å². The Balaban J connectivity index is 2.45. The molecule has 5 heteroatoms. The van der Waals surface area contributed by atoms with Crippen molar-refractivity contribution in [3.05, 3.63) is 29.8 Å². The number of cyclic esters (lactones) is 2. The average molecular weight is 362 g/mol. The van der Waals surface area contributed by atoms with Gasteiger partial charge in [-0.05, 0) is 42.4 Å².